The number of carbonyl (C=O) groups is 1. The Bertz CT molecular complexity index is 1010. The number of benzene rings is 3. The number of ketones is 1. The van der Waals surface area contributed by atoms with Crippen LogP contribution in [0.2, 0.25) is 0 Å². The van der Waals surface area contributed by atoms with Gasteiger partial charge in [0.2, 0.25) is 0 Å². The minimum atomic E-state index is -0.0316. The normalized spacial score (nSPS) is 11.1. The number of nitrogens with zero attached hydrogens (tertiary/aromatic N) is 1. The molecule has 160 valence electrons. The Hall–Kier alpha value is -3.37. The van der Waals surface area contributed by atoms with E-state index in [0.29, 0.717) is 12.2 Å². The van der Waals surface area contributed by atoms with Crippen LogP contribution in [-0.4, -0.2) is 45.0 Å². The van der Waals surface area contributed by atoms with Gasteiger partial charge < -0.3 is 14.4 Å². The van der Waals surface area contributed by atoms with Crippen molar-refractivity contribution in [2.45, 2.75) is 6.42 Å². The van der Waals surface area contributed by atoms with Gasteiger partial charge in [-0.1, -0.05) is 54.6 Å². The molecule has 0 aliphatic rings. The predicted octanol–water partition coefficient (Wildman–Crippen LogP) is 5.59. The summed E-state index contributed by atoms with van der Waals surface area (Å²) in [6, 6.07) is 23.3. The molecule has 3 aromatic carbocycles. The highest BCUT2D eigenvalue weighted by Crippen LogP contribution is 2.23. The molecule has 0 aliphatic carbocycles. The second-order valence-electron chi connectivity index (χ2n) is 7.58. The van der Waals surface area contributed by atoms with Gasteiger partial charge in [0.05, 0.1) is 13.7 Å². The molecule has 4 nitrogen and oxygen atoms in total. The highest BCUT2D eigenvalue weighted by molar-refractivity contribution is 6.07. The SMILES string of the molecule is COc1cccc(/C=C/C(=O)c2ccc(-c3ccc(OCCCN(C)C)cc3)cc2)c1. The molecule has 0 aliphatic heterocycles. The molecule has 0 saturated heterocycles. The van der Waals surface area contributed by atoms with Gasteiger partial charge in [0.1, 0.15) is 11.5 Å². The van der Waals surface area contributed by atoms with Crippen LogP contribution in [-0.2, 0) is 0 Å². The van der Waals surface area contributed by atoms with E-state index < -0.39 is 0 Å². The van der Waals surface area contributed by atoms with Gasteiger partial charge in [0, 0.05) is 12.1 Å². The van der Waals surface area contributed by atoms with Crippen molar-refractivity contribution in [2.75, 3.05) is 34.4 Å². The van der Waals surface area contributed by atoms with E-state index >= 15 is 0 Å². The number of rotatable bonds is 10. The van der Waals surface area contributed by atoms with Crippen LogP contribution in [0.3, 0.4) is 0 Å². The molecule has 3 aromatic rings. The van der Waals surface area contributed by atoms with E-state index in [1.54, 1.807) is 19.3 Å². The Morgan fingerprint density at radius 3 is 2.23 bits per heavy atom. The Morgan fingerprint density at radius 1 is 0.903 bits per heavy atom. The van der Waals surface area contributed by atoms with Crippen molar-refractivity contribution in [3.8, 4) is 22.6 Å². The molecule has 0 heterocycles. The van der Waals surface area contributed by atoms with Gasteiger partial charge in [0.15, 0.2) is 5.78 Å². The first-order valence-electron chi connectivity index (χ1n) is 10.4. The van der Waals surface area contributed by atoms with Crippen molar-refractivity contribution in [3.05, 3.63) is 90.0 Å². The average Bonchev–Trinajstić information content (AvgIpc) is 2.81. The van der Waals surface area contributed by atoms with E-state index in [2.05, 4.69) is 19.0 Å². The molecule has 0 spiro atoms. The zero-order chi connectivity index (χ0) is 22.1. The molecule has 0 atom stereocenters. The number of hydrogen-bond donors (Lipinski definition) is 0. The molecule has 31 heavy (non-hydrogen) atoms. The van der Waals surface area contributed by atoms with E-state index in [1.165, 1.54) is 0 Å². The van der Waals surface area contributed by atoms with E-state index in [-0.39, 0.29) is 5.78 Å². The highest BCUT2D eigenvalue weighted by Gasteiger charge is 2.04. The summed E-state index contributed by atoms with van der Waals surface area (Å²) in [7, 11) is 5.75. The average molecular weight is 416 g/mol. The van der Waals surface area contributed by atoms with Crippen molar-refractivity contribution in [1.29, 1.82) is 0 Å². The summed E-state index contributed by atoms with van der Waals surface area (Å²) < 4.78 is 11.0. The third-order valence-electron chi connectivity index (χ3n) is 4.90. The minimum Gasteiger partial charge on any atom is -0.497 e. The molecule has 0 amide bonds. The first-order valence-corrected chi connectivity index (χ1v) is 10.4. The van der Waals surface area contributed by atoms with E-state index in [1.807, 2.05) is 72.8 Å². The summed E-state index contributed by atoms with van der Waals surface area (Å²) in [5, 5.41) is 0. The van der Waals surface area contributed by atoms with Crippen molar-refractivity contribution >= 4 is 11.9 Å². The molecular weight excluding hydrogens is 386 g/mol. The lowest BCUT2D eigenvalue weighted by molar-refractivity contribution is 0.104. The van der Waals surface area contributed by atoms with Crippen LogP contribution in [0, 0.1) is 0 Å². The first kappa shape index (κ1) is 22.3. The Balaban J connectivity index is 1.59. The largest absolute Gasteiger partial charge is 0.497 e. The number of methoxy groups -OCH3 is 1. The molecule has 0 aromatic heterocycles. The summed E-state index contributed by atoms with van der Waals surface area (Å²) in [5.41, 5.74) is 3.73. The molecule has 0 unspecified atom stereocenters. The van der Waals surface area contributed by atoms with Crippen molar-refractivity contribution in [2.24, 2.45) is 0 Å². The molecule has 4 heteroatoms. The van der Waals surface area contributed by atoms with Crippen LogP contribution in [0.1, 0.15) is 22.3 Å². The maximum atomic E-state index is 12.5. The fraction of sp³-hybridized carbons (Fsp3) is 0.222. The molecule has 3 rings (SSSR count). The second-order valence-corrected chi connectivity index (χ2v) is 7.58. The topological polar surface area (TPSA) is 38.8 Å². The van der Waals surface area contributed by atoms with Gasteiger partial charge in [-0.3, -0.25) is 4.79 Å². The molecule has 0 fully saturated rings. The minimum absolute atomic E-state index is 0.0316. The fourth-order valence-corrected chi connectivity index (χ4v) is 3.15. The maximum Gasteiger partial charge on any atom is 0.185 e. The Morgan fingerprint density at radius 2 is 1.58 bits per heavy atom. The molecule has 0 radical (unpaired) electrons. The van der Waals surface area contributed by atoms with Gasteiger partial charge in [-0.05, 0) is 67.5 Å². The number of carbonyl (C=O) groups excluding carboxylic acids is 1. The summed E-state index contributed by atoms with van der Waals surface area (Å²) in [6.45, 7) is 1.72. The van der Waals surface area contributed by atoms with Crippen LogP contribution in [0.25, 0.3) is 17.2 Å². The summed E-state index contributed by atoms with van der Waals surface area (Å²) in [5.74, 6) is 1.61. The zero-order valence-corrected chi connectivity index (χ0v) is 18.4. The highest BCUT2D eigenvalue weighted by atomic mass is 16.5. The number of allylic oxidation sites excluding steroid dienone is 1. The van der Waals surface area contributed by atoms with Crippen LogP contribution in [0.15, 0.2) is 78.9 Å². The fourth-order valence-electron chi connectivity index (χ4n) is 3.15. The van der Waals surface area contributed by atoms with Gasteiger partial charge >= 0.3 is 0 Å². The molecule has 0 bridgehead atoms. The van der Waals surface area contributed by atoms with Crippen molar-refractivity contribution in [1.82, 2.24) is 4.90 Å². The molecule has 0 N–H and O–H groups in total. The van der Waals surface area contributed by atoms with Crippen LogP contribution < -0.4 is 9.47 Å². The zero-order valence-electron chi connectivity index (χ0n) is 18.4. The third kappa shape index (κ3) is 6.83. The summed E-state index contributed by atoms with van der Waals surface area (Å²) in [6.07, 6.45) is 4.39. The van der Waals surface area contributed by atoms with E-state index in [0.717, 1.165) is 41.2 Å². The maximum absolute atomic E-state index is 12.5. The third-order valence-corrected chi connectivity index (χ3v) is 4.90. The van der Waals surface area contributed by atoms with Crippen LogP contribution in [0.4, 0.5) is 0 Å². The lowest BCUT2D eigenvalue weighted by atomic mass is 10.0. The monoisotopic (exact) mass is 415 g/mol. The summed E-state index contributed by atoms with van der Waals surface area (Å²) >= 11 is 0. The number of hydrogen-bond acceptors (Lipinski definition) is 4. The van der Waals surface area contributed by atoms with Gasteiger partial charge in [-0.25, -0.2) is 0 Å². The lowest BCUT2D eigenvalue weighted by Gasteiger charge is -2.11. The van der Waals surface area contributed by atoms with E-state index in [9.17, 15) is 4.79 Å². The molecule has 0 saturated carbocycles. The number of ether oxygens (including phenoxy) is 2. The second kappa shape index (κ2) is 11.1. The molecular formula is C27H29NO3. The Labute approximate surface area is 184 Å². The van der Waals surface area contributed by atoms with E-state index in [4.69, 9.17) is 9.47 Å². The predicted molar refractivity (Wildman–Crippen MR) is 127 cm³/mol. The quantitative estimate of drug-likeness (QED) is 0.246. The lowest BCUT2D eigenvalue weighted by Crippen LogP contribution is -2.15. The van der Waals surface area contributed by atoms with Crippen molar-refractivity contribution in [3.63, 3.8) is 0 Å². The van der Waals surface area contributed by atoms with Crippen LogP contribution >= 0.6 is 0 Å². The smallest absolute Gasteiger partial charge is 0.185 e. The van der Waals surface area contributed by atoms with Gasteiger partial charge in [-0.2, -0.15) is 0 Å². The van der Waals surface area contributed by atoms with Crippen LogP contribution in [0.5, 0.6) is 11.5 Å². The van der Waals surface area contributed by atoms with Gasteiger partial charge in [-0.15, -0.1) is 0 Å². The Kier molecular flexibility index (Phi) is 8.02. The van der Waals surface area contributed by atoms with Gasteiger partial charge in [0.25, 0.3) is 0 Å². The summed E-state index contributed by atoms with van der Waals surface area (Å²) in [4.78, 5) is 14.6. The standard InChI is InChI=1S/C27H29NO3/c1-28(2)18-5-19-31-25-15-13-23(14-16-25)22-9-11-24(12-10-22)27(29)17-8-21-6-4-7-26(20-21)30-3/h4,6-17,20H,5,18-19H2,1-3H3/b17-8+. The first-order chi connectivity index (χ1) is 15.0. The van der Waals surface area contributed by atoms with Crippen molar-refractivity contribution < 1.29 is 14.3 Å².